The van der Waals surface area contributed by atoms with Gasteiger partial charge in [0.2, 0.25) is 5.91 Å². The third kappa shape index (κ3) is 5.26. The molecule has 3 aromatic rings. The number of carbonyl (C=O) groups excluding carboxylic acids is 2. The van der Waals surface area contributed by atoms with Crippen LogP contribution in [0.25, 0.3) is 0 Å². The molecule has 2 aromatic carbocycles. The lowest BCUT2D eigenvalue weighted by Gasteiger charge is -2.10. The van der Waals surface area contributed by atoms with E-state index in [2.05, 4.69) is 16.0 Å². The Kier molecular flexibility index (Phi) is 6.01. The van der Waals surface area contributed by atoms with Gasteiger partial charge >= 0.3 is 0 Å². The maximum Gasteiger partial charge on any atom is 0.291 e. The van der Waals surface area contributed by atoms with E-state index in [1.807, 2.05) is 0 Å². The van der Waals surface area contributed by atoms with Gasteiger partial charge in [-0.25, -0.2) is 0 Å². The standard InChI is InChI=1S/C19H15Cl2N3O3/c20-15-7-6-14(10-16(15)21)23-18(25)11-22-12-3-1-4-13(9-12)24-19(26)17-5-2-8-27-17/h1-10,22H,11H2,(H,23,25)(H,24,26). The SMILES string of the molecule is O=C(CNc1cccc(NC(=O)c2ccco2)c1)Nc1ccc(Cl)c(Cl)c1. The first-order valence-electron chi connectivity index (χ1n) is 7.95. The Morgan fingerprint density at radius 2 is 1.63 bits per heavy atom. The largest absolute Gasteiger partial charge is 0.459 e. The molecule has 1 aromatic heterocycles. The lowest BCUT2D eigenvalue weighted by molar-refractivity contribution is -0.114. The minimum Gasteiger partial charge on any atom is -0.459 e. The number of carbonyl (C=O) groups is 2. The van der Waals surface area contributed by atoms with E-state index in [1.165, 1.54) is 6.26 Å². The summed E-state index contributed by atoms with van der Waals surface area (Å²) >= 11 is 11.8. The van der Waals surface area contributed by atoms with Gasteiger partial charge in [0.25, 0.3) is 5.91 Å². The van der Waals surface area contributed by atoms with E-state index in [4.69, 9.17) is 27.6 Å². The van der Waals surface area contributed by atoms with Gasteiger partial charge in [-0.3, -0.25) is 9.59 Å². The molecule has 27 heavy (non-hydrogen) atoms. The fourth-order valence-corrected chi connectivity index (χ4v) is 2.57. The lowest BCUT2D eigenvalue weighted by Crippen LogP contribution is -2.21. The molecule has 0 saturated carbocycles. The summed E-state index contributed by atoms with van der Waals surface area (Å²) in [5.41, 5.74) is 1.80. The Labute approximate surface area is 165 Å². The van der Waals surface area contributed by atoms with Gasteiger partial charge in [0, 0.05) is 17.1 Å². The molecule has 0 aliphatic carbocycles. The molecule has 0 radical (unpaired) electrons. The minimum absolute atomic E-state index is 0.0375. The number of amides is 2. The molecule has 0 aliphatic rings. The van der Waals surface area contributed by atoms with Crippen LogP contribution in [0.3, 0.4) is 0 Å². The molecule has 1 heterocycles. The van der Waals surface area contributed by atoms with Crippen molar-refractivity contribution in [2.45, 2.75) is 0 Å². The van der Waals surface area contributed by atoms with Crippen LogP contribution in [0.1, 0.15) is 10.6 Å². The highest BCUT2D eigenvalue weighted by Gasteiger charge is 2.09. The van der Waals surface area contributed by atoms with Crippen molar-refractivity contribution in [1.82, 2.24) is 0 Å². The molecule has 0 bridgehead atoms. The third-order valence-corrected chi connectivity index (χ3v) is 4.26. The fraction of sp³-hybridized carbons (Fsp3) is 0.0526. The number of furan rings is 1. The van der Waals surface area contributed by atoms with Gasteiger partial charge in [-0.2, -0.15) is 0 Å². The van der Waals surface area contributed by atoms with Crippen molar-refractivity contribution in [2.75, 3.05) is 22.5 Å². The van der Waals surface area contributed by atoms with Crippen LogP contribution in [0.2, 0.25) is 10.0 Å². The minimum atomic E-state index is -0.352. The van der Waals surface area contributed by atoms with E-state index in [0.717, 1.165) is 0 Å². The Morgan fingerprint density at radius 3 is 2.37 bits per heavy atom. The molecular weight excluding hydrogens is 389 g/mol. The molecule has 0 aliphatic heterocycles. The van der Waals surface area contributed by atoms with Crippen LogP contribution in [-0.2, 0) is 4.79 Å². The highest BCUT2D eigenvalue weighted by Crippen LogP contribution is 2.25. The van der Waals surface area contributed by atoms with Crippen LogP contribution in [0.15, 0.2) is 65.3 Å². The molecule has 0 fully saturated rings. The highest BCUT2D eigenvalue weighted by atomic mass is 35.5. The summed E-state index contributed by atoms with van der Waals surface area (Å²) in [6.45, 7) is 0.0375. The summed E-state index contributed by atoms with van der Waals surface area (Å²) in [6.07, 6.45) is 1.43. The number of anilines is 3. The number of nitrogens with one attached hydrogen (secondary N) is 3. The van der Waals surface area contributed by atoms with Crippen molar-refractivity contribution in [2.24, 2.45) is 0 Å². The number of hydrogen-bond donors (Lipinski definition) is 3. The van der Waals surface area contributed by atoms with Gasteiger partial charge in [-0.15, -0.1) is 0 Å². The second-order valence-corrected chi connectivity index (χ2v) is 6.36. The molecule has 3 rings (SSSR count). The number of benzene rings is 2. The molecule has 8 heteroatoms. The zero-order valence-electron chi connectivity index (χ0n) is 14.0. The average Bonchev–Trinajstić information content (AvgIpc) is 3.18. The van der Waals surface area contributed by atoms with Crippen LogP contribution in [0, 0.1) is 0 Å². The van der Waals surface area contributed by atoms with Gasteiger partial charge in [0.15, 0.2) is 5.76 Å². The van der Waals surface area contributed by atoms with Gasteiger partial charge in [-0.05, 0) is 48.5 Å². The normalized spacial score (nSPS) is 10.3. The fourth-order valence-electron chi connectivity index (χ4n) is 2.27. The smallest absolute Gasteiger partial charge is 0.291 e. The van der Waals surface area contributed by atoms with Crippen molar-refractivity contribution in [1.29, 1.82) is 0 Å². The second-order valence-electron chi connectivity index (χ2n) is 5.54. The second kappa shape index (κ2) is 8.62. The molecule has 0 atom stereocenters. The van der Waals surface area contributed by atoms with E-state index in [9.17, 15) is 9.59 Å². The van der Waals surface area contributed by atoms with E-state index >= 15 is 0 Å². The Balaban J connectivity index is 1.55. The predicted molar refractivity (Wildman–Crippen MR) is 107 cm³/mol. The zero-order chi connectivity index (χ0) is 19.2. The van der Waals surface area contributed by atoms with Crippen LogP contribution in [0.5, 0.6) is 0 Å². The molecule has 3 N–H and O–H groups in total. The maximum absolute atomic E-state index is 12.1. The lowest BCUT2D eigenvalue weighted by atomic mass is 10.2. The van der Waals surface area contributed by atoms with E-state index in [0.29, 0.717) is 27.1 Å². The van der Waals surface area contributed by atoms with Crippen molar-refractivity contribution < 1.29 is 14.0 Å². The summed E-state index contributed by atoms with van der Waals surface area (Å²) in [5, 5.41) is 9.22. The van der Waals surface area contributed by atoms with Gasteiger partial charge in [-0.1, -0.05) is 29.3 Å². The molecule has 0 spiro atoms. The van der Waals surface area contributed by atoms with Crippen LogP contribution in [0.4, 0.5) is 17.1 Å². The monoisotopic (exact) mass is 403 g/mol. The van der Waals surface area contributed by atoms with Crippen molar-refractivity contribution in [3.05, 3.63) is 76.7 Å². The number of rotatable bonds is 6. The maximum atomic E-state index is 12.1. The van der Waals surface area contributed by atoms with Gasteiger partial charge in [0.05, 0.1) is 22.9 Å². The molecule has 2 amide bonds. The van der Waals surface area contributed by atoms with Crippen molar-refractivity contribution in [3.8, 4) is 0 Å². The Morgan fingerprint density at radius 1 is 0.852 bits per heavy atom. The zero-order valence-corrected chi connectivity index (χ0v) is 15.5. The van der Waals surface area contributed by atoms with E-state index < -0.39 is 0 Å². The molecule has 138 valence electrons. The molecule has 0 saturated heterocycles. The summed E-state index contributed by atoms with van der Waals surface area (Å²) < 4.78 is 5.05. The van der Waals surface area contributed by atoms with E-state index in [1.54, 1.807) is 54.6 Å². The van der Waals surface area contributed by atoms with Crippen LogP contribution in [-0.4, -0.2) is 18.4 Å². The predicted octanol–water partition coefficient (Wildman–Crippen LogP) is 4.89. The van der Waals surface area contributed by atoms with Gasteiger partial charge in [0.1, 0.15) is 0 Å². The van der Waals surface area contributed by atoms with Gasteiger partial charge < -0.3 is 20.4 Å². The van der Waals surface area contributed by atoms with Crippen LogP contribution < -0.4 is 16.0 Å². The summed E-state index contributed by atoms with van der Waals surface area (Å²) in [7, 11) is 0. The first kappa shape index (κ1) is 18.8. The number of halogens is 2. The molecule has 0 unspecified atom stereocenters. The Hall–Kier alpha value is -2.96. The molecule has 6 nitrogen and oxygen atoms in total. The van der Waals surface area contributed by atoms with Crippen LogP contribution >= 0.6 is 23.2 Å². The topological polar surface area (TPSA) is 83.4 Å². The van der Waals surface area contributed by atoms with Crippen molar-refractivity contribution in [3.63, 3.8) is 0 Å². The quantitative estimate of drug-likeness (QED) is 0.546. The summed E-state index contributed by atoms with van der Waals surface area (Å²) in [6, 6.07) is 15.1. The highest BCUT2D eigenvalue weighted by molar-refractivity contribution is 6.42. The molecular formula is C19H15Cl2N3O3. The number of hydrogen-bond acceptors (Lipinski definition) is 4. The van der Waals surface area contributed by atoms with E-state index in [-0.39, 0.29) is 24.1 Å². The Bertz CT molecular complexity index is 959. The first-order valence-corrected chi connectivity index (χ1v) is 8.70. The summed E-state index contributed by atoms with van der Waals surface area (Å²) in [4.78, 5) is 24.1. The summed E-state index contributed by atoms with van der Waals surface area (Å²) in [5.74, 6) is -0.387. The van der Waals surface area contributed by atoms with Crippen molar-refractivity contribution >= 4 is 52.1 Å². The third-order valence-electron chi connectivity index (χ3n) is 3.52. The first-order chi connectivity index (χ1) is 13.0. The average molecular weight is 404 g/mol.